The zero-order chi connectivity index (χ0) is 14.0. The van der Waals surface area contributed by atoms with E-state index in [1.54, 1.807) is 11.3 Å². The summed E-state index contributed by atoms with van der Waals surface area (Å²) >= 11 is 1.75. The van der Waals surface area contributed by atoms with Gasteiger partial charge in [-0.25, -0.2) is 4.98 Å². The van der Waals surface area contributed by atoms with Crippen molar-refractivity contribution >= 4 is 11.3 Å². The normalized spacial score (nSPS) is 17.3. The van der Waals surface area contributed by atoms with Gasteiger partial charge in [0.15, 0.2) is 0 Å². The maximum atomic E-state index is 4.86. The zero-order valence-electron chi connectivity index (χ0n) is 12.0. The van der Waals surface area contributed by atoms with E-state index < -0.39 is 0 Å². The number of rotatable bonds is 3. The fourth-order valence-corrected chi connectivity index (χ4v) is 3.55. The number of piperazine rings is 1. The highest BCUT2D eigenvalue weighted by Gasteiger charge is 2.32. The van der Waals surface area contributed by atoms with E-state index in [4.69, 9.17) is 4.98 Å². The van der Waals surface area contributed by atoms with Gasteiger partial charge in [0.05, 0.1) is 11.2 Å². The molecule has 3 heterocycles. The summed E-state index contributed by atoms with van der Waals surface area (Å²) in [6.07, 6.45) is 3.63. The summed E-state index contributed by atoms with van der Waals surface area (Å²) in [7, 11) is 0. The van der Waals surface area contributed by atoms with Crippen LogP contribution in [-0.2, 0) is 5.54 Å². The molecule has 1 fully saturated rings. The molecule has 0 atom stereocenters. The van der Waals surface area contributed by atoms with Gasteiger partial charge in [-0.15, -0.1) is 11.3 Å². The Morgan fingerprint density at radius 2 is 1.90 bits per heavy atom. The third-order valence-corrected chi connectivity index (χ3v) is 5.07. The molecule has 0 aromatic carbocycles. The average Bonchev–Trinajstić information content (AvgIpc) is 3.00. The van der Waals surface area contributed by atoms with E-state index in [1.165, 1.54) is 5.01 Å². The molecule has 1 aliphatic heterocycles. The van der Waals surface area contributed by atoms with Crippen molar-refractivity contribution in [3.05, 3.63) is 34.9 Å². The third-order valence-electron chi connectivity index (χ3n) is 3.91. The van der Waals surface area contributed by atoms with Crippen LogP contribution in [-0.4, -0.2) is 41.0 Å². The fraction of sp³-hybridized carbons (Fsp3) is 0.467. The van der Waals surface area contributed by atoms with E-state index in [2.05, 4.69) is 34.4 Å². The molecule has 2 aromatic heterocycles. The number of hydrogen-bond acceptors (Lipinski definition) is 5. The van der Waals surface area contributed by atoms with Crippen molar-refractivity contribution < 1.29 is 0 Å². The average molecular weight is 288 g/mol. The maximum absolute atomic E-state index is 4.86. The SMILES string of the molecule is CC(C)(c1nc(-c2ccncc2)cs1)N1CCNCC1. The minimum absolute atomic E-state index is 0.00194. The molecule has 106 valence electrons. The lowest BCUT2D eigenvalue weighted by Crippen LogP contribution is -2.51. The quantitative estimate of drug-likeness (QED) is 0.941. The number of thiazole rings is 1. The van der Waals surface area contributed by atoms with E-state index in [-0.39, 0.29) is 5.54 Å². The van der Waals surface area contributed by atoms with Crippen LogP contribution in [0.4, 0.5) is 0 Å². The van der Waals surface area contributed by atoms with Gasteiger partial charge in [0.1, 0.15) is 5.01 Å². The molecule has 1 aliphatic rings. The van der Waals surface area contributed by atoms with Gasteiger partial charge in [-0.2, -0.15) is 0 Å². The molecule has 20 heavy (non-hydrogen) atoms. The molecular weight excluding hydrogens is 268 g/mol. The van der Waals surface area contributed by atoms with E-state index in [0.717, 1.165) is 37.4 Å². The Bertz CT molecular complexity index is 558. The lowest BCUT2D eigenvalue weighted by molar-refractivity contribution is 0.102. The van der Waals surface area contributed by atoms with Crippen molar-refractivity contribution in [1.29, 1.82) is 0 Å². The van der Waals surface area contributed by atoms with E-state index >= 15 is 0 Å². The van der Waals surface area contributed by atoms with Gasteiger partial charge in [0, 0.05) is 49.5 Å². The minimum atomic E-state index is -0.00194. The first kappa shape index (κ1) is 13.7. The highest BCUT2D eigenvalue weighted by atomic mass is 32.1. The van der Waals surface area contributed by atoms with Crippen LogP contribution in [0.25, 0.3) is 11.3 Å². The van der Waals surface area contributed by atoms with Gasteiger partial charge in [-0.05, 0) is 26.0 Å². The second-order valence-corrected chi connectivity index (χ2v) is 6.43. The number of nitrogens with zero attached hydrogens (tertiary/aromatic N) is 3. The van der Waals surface area contributed by atoms with Crippen molar-refractivity contribution in [2.45, 2.75) is 19.4 Å². The maximum Gasteiger partial charge on any atom is 0.113 e. The molecule has 0 unspecified atom stereocenters. The number of aromatic nitrogens is 2. The Kier molecular flexibility index (Phi) is 3.83. The van der Waals surface area contributed by atoms with Crippen molar-refractivity contribution in [2.75, 3.05) is 26.2 Å². The van der Waals surface area contributed by atoms with Crippen molar-refractivity contribution in [3.8, 4) is 11.3 Å². The molecule has 0 amide bonds. The van der Waals surface area contributed by atoms with E-state index in [1.807, 2.05) is 24.5 Å². The first-order chi connectivity index (χ1) is 9.68. The van der Waals surface area contributed by atoms with Crippen molar-refractivity contribution in [2.24, 2.45) is 0 Å². The lowest BCUT2D eigenvalue weighted by Gasteiger charge is -2.39. The first-order valence-corrected chi connectivity index (χ1v) is 7.88. The van der Waals surface area contributed by atoms with Gasteiger partial charge >= 0.3 is 0 Å². The predicted octanol–water partition coefficient (Wildman–Crippen LogP) is 2.35. The molecule has 5 heteroatoms. The summed E-state index contributed by atoms with van der Waals surface area (Å²) in [4.78, 5) is 11.4. The van der Waals surface area contributed by atoms with Crippen LogP contribution in [0.3, 0.4) is 0 Å². The van der Waals surface area contributed by atoms with Crippen molar-refractivity contribution in [1.82, 2.24) is 20.2 Å². The topological polar surface area (TPSA) is 41.1 Å². The Labute approximate surface area is 123 Å². The van der Waals surface area contributed by atoms with E-state index in [0.29, 0.717) is 0 Å². The molecule has 0 bridgehead atoms. The van der Waals surface area contributed by atoms with Gasteiger partial charge < -0.3 is 5.32 Å². The largest absolute Gasteiger partial charge is 0.314 e. The van der Waals surface area contributed by atoms with Gasteiger partial charge in [-0.3, -0.25) is 9.88 Å². The second kappa shape index (κ2) is 5.60. The summed E-state index contributed by atoms with van der Waals surface area (Å²) in [6.45, 7) is 8.83. The highest BCUT2D eigenvalue weighted by Crippen LogP contribution is 2.33. The number of pyridine rings is 1. The summed E-state index contributed by atoms with van der Waals surface area (Å²) < 4.78 is 0. The zero-order valence-corrected chi connectivity index (χ0v) is 12.8. The van der Waals surface area contributed by atoms with Crippen molar-refractivity contribution in [3.63, 3.8) is 0 Å². The Balaban J connectivity index is 1.85. The second-order valence-electron chi connectivity index (χ2n) is 5.57. The molecular formula is C15H20N4S. The smallest absolute Gasteiger partial charge is 0.113 e. The summed E-state index contributed by atoms with van der Waals surface area (Å²) in [5.41, 5.74) is 2.19. The summed E-state index contributed by atoms with van der Waals surface area (Å²) in [6, 6.07) is 4.02. The Morgan fingerprint density at radius 3 is 2.60 bits per heavy atom. The Hall–Kier alpha value is -1.30. The van der Waals surface area contributed by atoms with Gasteiger partial charge in [0.25, 0.3) is 0 Å². The van der Waals surface area contributed by atoms with Crippen LogP contribution < -0.4 is 5.32 Å². The molecule has 0 saturated carbocycles. The minimum Gasteiger partial charge on any atom is -0.314 e. The van der Waals surface area contributed by atoms with Crippen LogP contribution >= 0.6 is 11.3 Å². The standard InChI is InChI=1S/C15H20N4S/c1-15(2,19-9-7-17-8-10-19)14-18-13(11-20-14)12-3-5-16-6-4-12/h3-6,11,17H,7-10H2,1-2H3. The highest BCUT2D eigenvalue weighted by molar-refractivity contribution is 7.10. The molecule has 0 radical (unpaired) electrons. The summed E-state index contributed by atoms with van der Waals surface area (Å²) in [5, 5.41) is 6.74. The Morgan fingerprint density at radius 1 is 1.20 bits per heavy atom. The first-order valence-electron chi connectivity index (χ1n) is 7.00. The molecule has 1 N–H and O–H groups in total. The van der Waals surface area contributed by atoms with Crippen LogP contribution in [0.2, 0.25) is 0 Å². The fourth-order valence-electron chi connectivity index (χ4n) is 2.57. The van der Waals surface area contributed by atoms with Crippen LogP contribution in [0.5, 0.6) is 0 Å². The molecule has 1 saturated heterocycles. The monoisotopic (exact) mass is 288 g/mol. The molecule has 2 aromatic rings. The number of hydrogen-bond donors (Lipinski definition) is 1. The van der Waals surface area contributed by atoms with Crippen LogP contribution in [0, 0.1) is 0 Å². The van der Waals surface area contributed by atoms with Crippen LogP contribution in [0.15, 0.2) is 29.9 Å². The third kappa shape index (κ3) is 2.61. The van der Waals surface area contributed by atoms with Gasteiger partial charge in [-0.1, -0.05) is 0 Å². The molecule has 3 rings (SSSR count). The number of nitrogens with one attached hydrogen (secondary N) is 1. The molecule has 0 aliphatic carbocycles. The molecule has 4 nitrogen and oxygen atoms in total. The van der Waals surface area contributed by atoms with Crippen LogP contribution in [0.1, 0.15) is 18.9 Å². The summed E-state index contributed by atoms with van der Waals surface area (Å²) in [5.74, 6) is 0. The van der Waals surface area contributed by atoms with Gasteiger partial charge in [0.2, 0.25) is 0 Å². The molecule has 0 spiro atoms. The van der Waals surface area contributed by atoms with E-state index in [9.17, 15) is 0 Å². The predicted molar refractivity (Wildman–Crippen MR) is 82.8 cm³/mol. The lowest BCUT2D eigenvalue weighted by atomic mass is 10.0.